The van der Waals surface area contributed by atoms with Gasteiger partial charge in [0, 0.05) is 31.5 Å². The standard InChI is InChI=1S/C16H14F3N5O5/c17-16(18,19)10-1-2-11(13(7-10)24(27)28)21-5-6-23-14(25)9-29-15(26)12-8-20-3-4-22-12/h1-4,7-8,21H,5-6,9H2,(H,23,25). The molecule has 0 radical (unpaired) electrons. The van der Waals surface area contributed by atoms with E-state index in [0.717, 1.165) is 6.07 Å². The summed E-state index contributed by atoms with van der Waals surface area (Å²) in [6, 6.07) is 2.07. The van der Waals surface area contributed by atoms with Gasteiger partial charge in [-0.3, -0.25) is 19.9 Å². The second kappa shape index (κ2) is 9.43. The number of benzene rings is 1. The number of ether oxygens (including phenoxy) is 1. The van der Waals surface area contributed by atoms with Gasteiger partial charge in [-0.25, -0.2) is 9.78 Å². The molecule has 0 saturated heterocycles. The minimum Gasteiger partial charge on any atom is -0.451 e. The maximum absolute atomic E-state index is 12.7. The van der Waals surface area contributed by atoms with Crippen LogP contribution in [0.3, 0.4) is 0 Å². The van der Waals surface area contributed by atoms with Crippen LogP contribution in [0.15, 0.2) is 36.8 Å². The molecule has 0 spiro atoms. The van der Waals surface area contributed by atoms with Gasteiger partial charge in [-0.1, -0.05) is 0 Å². The lowest BCUT2D eigenvalue weighted by molar-refractivity contribution is -0.384. The number of halogens is 3. The lowest BCUT2D eigenvalue weighted by Crippen LogP contribution is -2.32. The molecule has 13 heteroatoms. The molecule has 2 N–H and O–H groups in total. The fourth-order valence-corrected chi connectivity index (χ4v) is 2.07. The van der Waals surface area contributed by atoms with E-state index in [1.165, 1.54) is 18.6 Å². The molecule has 0 saturated carbocycles. The predicted molar refractivity (Wildman–Crippen MR) is 91.9 cm³/mol. The summed E-state index contributed by atoms with van der Waals surface area (Å²) in [5.41, 5.74) is -2.10. The molecule has 0 bridgehead atoms. The van der Waals surface area contributed by atoms with Crippen molar-refractivity contribution in [2.75, 3.05) is 25.0 Å². The van der Waals surface area contributed by atoms with Crippen molar-refractivity contribution >= 4 is 23.3 Å². The molecule has 0 aliphatic carbocycles. The van der Waals surface area contributed by atoms with E-state index in [-0.39, 0.29) is 24.5 Å². The maximum Gasteiger partial charge on any atom is 0.416 e. The molecule has 154 valence electrons. The monoisotopic (exact) mass is 413 g/mol. The lowest BCUT2D eigenvalue weighted by atomic mass is 10.1. The molecule has 0 fully saturated rings. The molecule has 29 heavy (non-hydrogen) atoms. The third-order valence-corrected chi connectivity index (χ3v) is 3.39. The Morgan fingerprint density at radius 2 is 1.97 bits per heavy atom. The van der Waals surface area contributed by atoms with Crippen LogP contribution < -0.4 is 10.6 Å². The Morgan fingerprint density at radius 3 is 2.59 bits per heavy atom. The highest BCUT2D eigenvalue weighted by atomic mass is 19.4. The Labute approximate surface area is 161 Å². The minimum atomic E-state index is -4.71. The molecule has 0 atom stereocenters. The number of anilines is 1. The van der Waals surface area contributed by atoms with E-state index in [1.807, 2.05) is 0 Å². The third-order valence-electron chi connectivity index (χ3n) is 3.39. The van der Waals surface area contributed by atoms with E-state index < -0.39 is 40.8 Å². The van der Waals surface area contributed by atoms with Gasteiger partial charge in [0.2, 0.25) is 0 Å². The van der Waals surface area contributed by atoms with Crippen LogP contribution in [0.2, 0.25) is 0 Å². The van der Waals surface area contributed by atoms with Crippen LogP contribution in [0.1, 0.15) is 16.1 Å². The molecule has 10 nitrogen and oxygen atoms in total. The van der Waals surface area contributed by atoms with Gasteiger partial charge in [0.15, 0.2) is 12.3 Å². The summed E-state index contributed by atoms with van der Waals surface area (Å²) >= 11 is 0. The summed E-state index contributed by atoms with van der Waals surface area (Å²) in [6.45, 7) is -0.633. The highest BCUT2D eigenvalue weighted by Crippen LogP contribution is 2.34. The van der Waals surface area contributed by atoms with E-state index in [2.05, 4.69) is 20.6 Å². The summed E-state index contributed by atoms with van der Waals surface area (Å²) in [5, 5.41) is 15.9. The predicted octanol–water partition coefficient (Wildman–Crippen LogP) is 1.79. The second-order valence-corrected chi connectivity index (χ2v) is 5.43. The number of alkyl halides is 3. The lowest BCUT2D eigenvalue weighted by Gasteiger charge is -2.11. The van der Waals surface area contributed by atoms with Gasteiger partial charge in [-0.2, -0.15) is 13.2 Å². The van der Waals surface area contributed by atoms with Crippen molar-refractivity contribution in [1.29, 1.82) is 0 Å². The molecular formula is C16H14F3N5O5. The quantitative estimate of drug-likeness (QED) is 0.289. The average Bonchev–Trinajstić information content (AvgIpc) is 2.69. The van der Waals surface area contributed by atoms with Crippen molar-refractivity contribution in [3.8, 4) is 0 Å². The summed E-state index contributed by atoms with van der Waals surface area (Å²) in [5.74, 6) is -1.49. The summed E-state index contributed by atoms with van der Waals surface area (Å²) in [7, 11) is 0. The zero-order valence-electron chi connectivity index (χ0n) is 14.6. The van der Waals surface area contributed by atoms with Gasteiger partial charge in [0.25, 0.3) is 11.6 Å². The van der Waals surface area contributed by atoms with E-state index >= 15 is 0 Å². The molecule has 0 unspecified atom stereocenters. The number of rotatable bonds is 8. The van der Waals surface area contributed by atoms with Gasteiger partial charge in [0.05, 0.1) is 16.7 Å². The smallest absolute Gasteiger partial charge is 0.416 e. The number of carbonyl (C=O) groups is 2. The second-order valence-electron chi connectivity index (χ2n) is 5.43. The SMILES string of the molecule is O=C(COC(=O)c1cnccn1)NCCNc1ccc(C(F)(F)F)cc1[N+](=O)[O-]. The van der Waals surface area contributed by atoms with Crippen LogP contribution in [-0.4, -0.2) is 46.5 Å². The minimum absolute atomic E-state index is 0.0178. The number of carbonyl (C=O) groups excluding carboxylic acids is 2. The van der Waals surface area contributed by atoms with E-state index in [9.17, 15) is 32.9 Å². The number of nitro benzene ring substituents is 1. The molecule has 2 rings (SSSR count). The fourth-order valence-electron chi connectivity index (χ4n) is 2.07. The first-order chi connectivity index (χ1) is 13.7. The molecular weight excluding hydrogens is 399 g/mol. The van der Waals surface area contributed by atoms with Crippen LogP contribution in [0, 0.1) is 10.1 Å². The van der Waals surface area contributed by atoms with Crippen molar-refractivity contribution < 1.29 is 32.4 Å². The van der Waals surface area contributed by atoms with Gasteiger partial charge in [0.1, 0.15) is 5.69 Å². The van der Waals surface area contributed by atoms with Gasteiger partial charge >= 0.3 is 12.1 Å². The van der Waals surface area contributed by atoms with Crippen LogP contribution in [0.25, 0.3) is 0 Å². The van der Waals surface area contributed by atoms with Crippen molar-refractivity contribution in [2.45, 2.75) is 6.18 Å². The number of nitro groups is 1. The van der Waals surface area contributed by atoms with Crippen LogP contribution in [-0.2, 0) is 15.7 Å². The van der Waals surface area contributed by atoms with Gasteiger partial charge in [-0.15, -0.1) is 0 Å². The van der Waals surface area contributed by atoms with E-state index in [0.29, 0.717) is 12.1 Å². The molecule has 1 amide bonds. The van der Waals surface area contributed by atoms with E-state index in [1.54, 1.807) is 0 Å². The maximum atomic E-state index is 12.7. The first kappa shape index (κ1) is 21.5. The molecule has 0 aliphatic rings. The first-order valence-electron chi connectivity index (χ1n) is 7.98. The Kier molecular flexibility index (Phi) is 7.00. The zero-order valence-corrected chi connectivity index (χ0v) is 14.6. The Balaban J connectivity index is 1.80. The molecule has 1 aromatic heterocycles. The highest BCUT2D eigenvalue weighted by Gasteiger charge is 2.33. The number of hydrogen-bond acceptors (Lipinski definition) is 8. The van der Waals surface area contributed by atoms with Crippen molar-refractivity contribution in [3.05, 3.63) is 58.2 Å². The first-order valence-corrected chi connectivity index (χ1v) is 7.98. The van der Waals surface area contributed by atoms with Crippen LogP contribution >= 0.6 is 0 Å². The number of amides is 1. The number of esters is 1. The van der Waals surface area contributed by atoms with Crippen LogP contribution in [0.5, 0.6) is 0 Å². The van der Waals surface area contributed by atoms with Gasteiger partial charge < -0.3 is 15.4 Å². The fraction of sp³-hybridized carbons (Fsp3) is 0.250. The molecule has 1 heterocycles. The topological polar surface area (TPSA) is 136 Å². The molecule has 1 aromatic carbocycles. The highest BCUT2D eigenvalue weighted by molar-refractivity contribution is 5.89. The summed E-state index contributed by atoms with van der Waals surface area (Å²) < 4.78 is 42.7. The largest absolute Gasteiger partial charge is 0.451 e. The number of hydrogen-bond donors (Lipinski definition) is 2. The third kappa shape index (κ3) is 6.41. The average molecular weight is 413 g/mol. The molecule has 2 aromatic rings. The van der Waals surface area contributed by atoms with E-state index in [4.69, 9.17) is 4.74 Å². The summed E-state index contributed by atoms with van der Waals surface area (Å²) in [4.78, 5) is 40.7. The number of nitrogens with zero attached hydrogens (tertiary/aromatic N) is 3. The molecule has 0 aliphatic heterocycles. The zero-order chi connectivity index (χ0) is 21.4. The Hall–Kier alpha value is -3.77. The van der Waals surface area contributed by atoms with Crippen molar-refractivity contribution in [1.82, 2.24) is 15.3 Å². The Bertz CT molecular complexity index is 892. The number of nitrogens with one attached hydrogen (secondary N) is 2. The van der Waals surface area contributed by atoms with Gasteiger partial charge in [-0.05, 0) is 12.1 Å². The summed E-state index contributed by atoms with van der Waals surface area (Å²) in [6.07, 6.45) is -0.901. The van der Waals surface area contributed by atoms with Crippen LogP contribution in [0.4, 0.5) is 24.5 Å². The van der Waals surface area contributed by atoms with Crippen molar-refractivity contribution in [2.24, 2.45) is 0 Å². The normalized spacial score (nSPS) is 10.9. The van der Waals surface area contributed by atoms with Crippen molar-refractivity contribution in [3.63, 3.8) is 0 Å². The number of aromatic nitrogens is 2. The Morgan fingerprint density at radius 1 is 1.21 bits per heavy atom.